The van der Waals surface area contributed by atoms with Gasteiger partial charge in [0, 0.05) is 15.7 Å². The van der Waals surface area contributed by atoms with Crippen LogP contribution in [0.3, 0.4) is 0 Å². The molecule has 2 N–H and O–H groups in total. The van der Waals surface area contributed by atoms with Crippen molar-refractivity contribution in [2.45, 2.75) is 36.8 Å². The molecule has 1 aromatic heterocycles. The van der Waals surface area contributed by atoms with E-state index >= 15 is 0 Å². The van der Waals surface area contributed by atoms with Crippen molar-refractivity contribution < 1.29 is 8.60 Å². The van der Waals surface area contributed by atoms with Crippen LogP contribution in [0.5, 0.6) is 0 Å². The number of anilines is 1. The molecular weight excluding hydrogens is 295 g/mol. The van der Waals surface area contributed by atoms with Crippen LogP contribution in [0.15, 0.2) is 28.5 Å². The second kappa shape index (κ2) is 5.61. The second-order valence-corrected chi connectivity index (χ2v) is 7.94. The summed E-state index contributed by atoms with van der Waals surface area (Å²) < 4.78 is 25.6. The lowest BCUT2D eigenvalue weighted by molar-refractivity contribution is 0.571. The number of thiazole rings is 1. The summed E-state index contributed by atoms with van der Waals surface area (Å²) >= 11 is 1.48. The number of nitrogens with zero attached hydrogens (tertiary/aromatic N) is 1. The van der Waals surface area contributed by atoms with Gasteiger partial charge in [-0.1, -0.05) is 20.8 Å². The zero-order chi connectivity index (χ0) is 14.9. The maximum atomic E-state index is 13.4. The highest BCUT2D eigenvalue weighted by molar-refractivity contribution is 7.84. The van der Waals surface area contributed by atoms with Gasteiger partial charge in [-0.3, -0.25) is 4.21 Å². The molecular formula is C14H17FN2OS2. The Hall–Kier alpha value is -1.27. The Morgan fingerprint density at radius 3 is 2.65 bits per heavy atom. The number of aromatic nitrogens is 1. The molecule has 0 aliphatic heterocycles. The number of nitrogen functional groups attached to an aromatic ring is 1. The van der Waals surface area contributed by atoms with Crippen LogP contribution >= 0.6 is 11.3 Å². The van der Waals surface area contributed by atoms with E-state index in [9.17, 15) is 8.60 Å². The van der Waals surface area contributed by atoms with E-state index in [0.29, 0.717) is 10.6 Å². The number of rotatable bonds is 3. The van der Waals surface area contributed by atoms with E-state index < -0.39 is 16.6 Å². The molecule has 1 aromatic carbocycles. The molecule has 0 radical (unpaired) electrons. The smallest absolute Gasteiger partial charge is 0.147 e. The molecule has 0 saturated carbocycles. The summed E-state index contributed by atoms with van der Waals surface area (Å²) in [5.41, 5.74) is 6.43. The van der Waals surface area contributed by atoms with Gasteiger partial charge >= 0.3 is 0 Å². The van der Waals surface area contributed by atoms with Gasteiger partial charge in [0.25, 0.3) is 0 Å². The lowest BCUT2D eigenvalue weighted by Gasteiger charge is -2.14. The minimum Gasteiger partial charge on any atom is -0.396 e. The first kappa shape index (κ1) is 15.1. The average Bonchev–Trinajstić information content (AvgIpc) is 2.81. The summed E-state index contributed by atoms with van der Waals surface area (Å²) in [6.07, 6.45) is 0. The molecule has 0 bridgehead atoms. The normalized spacial score (nSPS) is 13.4. The molecule has 0 spiro atoms. The lowest BCUT2D eigenvalue weighted by Crippen LogP contribution is -2.11. The van der Waals surface area contributed by atoms with Gasteiger partial charge in [-0.05, 0) is 18.2 Å². The minimum atomic E-state index is -1.31. The summed E-state index contributed by atoms with van der Waals surface area (Å²) in [7, 11) is -1.31. The number of hydrogen-bond donors (Lipinski definition) is 1. The fraction of sp³-hybridized carbons (Fsp3) is 0.357. The van der Waals surface area contributed by atoms with Gasteiger partial charge in [-0.2, -0.15) is 0 Å². The Morgan fingerprint density at radius 1 is 1.40 bits per heavy atom. The van der Waals surface area contributed by atoms with E-state index in [4.69, 9.17) is 5.73 Å². The molecule has 0 saturated heterocycles. The van der Waals surface area contributed by atoms with Crippen LogP contribution < -0.4 is 5.73 Å². The monoisotopic (exact) mass is 312 g/mol. The molecule has 1 unspecified atom stereocenters. The van der Waals surface area contributed by atoms with Crippen LogP contribution in [0, 0.1) is 5.82 Å². The van der Waals surface area contributed by atoms with Gasteiger partial charge in [-0.25, -0.2) is 9.37 Å². The lowest BCUT2D eigenvalue weighted by atomic mass is 9.93. The van der Waals surface area contributed by atoms with E-state index in [-0.39, 0.29) is 11.1 Å². The molecule has 20 heavy (non-hydrogen) atoms. The van der Waals surface area contributed by atoms with Crippen LogP contribution in [-0.2, 0) is 22.0 Å². The van der Waals surface area contributed by atoms with Gasteiger partial charge < -0.3 is 5.73 Å². The highest BCUT2D eigenvalue weighted by Gasteiger charge is 2.18. The molecule has 2 aromatic rings. The maximum Gasteiger partial charge on any atom is 0.147 e. The topological polar surface area (TPSA) is 56.0 Å². The first-order valence-electron chi connectivity index (χ1n) is 6.15. The highest BCUT2D eigenvalue weighted by atomic mass is 32.2. The zero-order valence-electron chi connectivity index (χ0n) is 11.6. The summed E-state index contributed by atoms with van der Waals surface area (Å²) in [5, 5.41) is 2.78. The number of halogens is 1. The van der Waals surface area contributed by atoms with Gasteiger partial charge in [0.1, 0.15) is 10.8 Å². The zero-order valence-corrected chi connectivity index (χ0v) is 13.3. The minimum absolute atomic E-state index is 0.0243. The van der Waals surface area contributed by atoms with Crippen LogP contribution in [-0.4, -0.2) is 9.19 Å². The number of benzene rings is 1. The Morgan fingerprint density at radius 2 is 2.10 bits per heavy atom. The van der Waals surface area contributed by atoms with Gasteiger partial charge in [0.15, 0.2) is 0 Å². The fourth-order valence-corrected chi connectivity index (χ4v) is 3.88. The molecule has 1 heterocycles. The van der Waals surface area contributed by atoms with Crippen LogP contribution in [0.2, 0.25) is 0 Å². The summed E-state index contributed by atoms with van der Waals surface area (Å²) in [6.45, 7) is 6.24. The molecule has 0 aliphatic carbocycles. The van der Waals surface area contributed by atoms with Crippen molar-refractivity contribution in [2.75, 3.05) is 5.73 Å². The largest absolute Gasteiger partial charge is 0.396 e. The Labute approximate surface area is 124 Å². The van der Waals surface area contributed by atoms with E-state index in [0.717, 1.165) is 10.7 Å². The van der Waals surface area contributed by atoms with Gasteiger partial charge in [0.05, 0.1) is 27.9 Å². The third-order valence-electron chi connectivity index (χ3n) is 2.81. The van der Waals surface area contributed by atoms with Crippen molar-refractivity contribution in [2.24, 2.45) is 0 Å². The molecule has 0 fully saturated rings. The molecule has 3 nitrogen and oxygen atoms in total. The van der Waals surface area contributed by atoms with Crippen molar-refractivity contribution in [3.05, 3.63) is 40.1 Å². The first-order chi connectivity index (χ1) is 9.27. The quantitative estimate of drug-likeness (QED) is 0.883. The predicted molar refractivity (Wildman–Crippen MR) is 81.7 cm³/mol. The number of nitrogens with two attached hydrogens (primary N) is 1. The van der Waals surface area contributed by atoms with Crippen molar-refractivity contribution in [1.29, 1.82) is 0 Å². The highest BCUT2D eigenvalue weighted by Crippen LogP contribution is 2.25. The molecule has 108 valence electrons. The van der Waals surface area contributed by atoms with Crippen LogP contribution in [0.4, 0.5) is 10.1 Å². The van der Waals surface area contributed by atoms with E-state index in [1.165, 1.54) is 23.5 Å². The summed E-state index contributed by atoms with van der Waals surface area (Å²) in [5.74, 6) is -0.241. The summed E-state index contributed by atoms with van der Waals surface area (Å²) in [4.78, 5) is 4.93. The van der Waals surface area contributed by atoms with Crippen molar-refractivity contribution in [3.8, 4) is 0 Å². The van der Waals surface area contributed by atoms with E-state index in [2.05, 4.69) is 25.8 Å². The third-order valence-corrected chi connectivity index (χ3v) is 5.16. The van der Waals surface area contributed by atoms with Gasteiger partial charge in [-0.15, -0.1) is 11.3 Å². The van der Waals surface area contributed by atoms with E-state index in [1.54, 1.807) is 6.07 Å². The third kappa shape index (κ3) is 3.43. The first-order valence-corrected chi connectivity index (χ1v) is 8.35. The second-order valence-electron chi connectivity index (χ2n) is 5.55. The molecule has 0 aliphatic rings. The number of hydrogen-bond acceptors (Lipinski definition) is 4. The van der Waals surface area contributed by atoms with Crippen LogP contribution in [0.1, 0.15) is 31.5 Å². The maximum absolute atomic E-state index is 13.4. The molecule has 0 amide bonds. The Bertz CT molecular complexity index is 647. The van der Waals surface area contributed by atoms with Crippen molar-refractivity contribution in [3.63, 3.8) is 0 Å². The van der Waals surface area contributed by atoms with E-state index in [1.807, 2.05) is 5.38 Å². The average molecular weight is 312 g/mol. The molecule has 6 heteroatoms. The Balaban J connectivity index is 2.15. The van der Waals surface area contributed by atoms with Crippen molar-refractivity contribution >= 4 is 27.8 Å². The molecule has 1 atom stereocenters. The standard InChI is InChI=1S/C14H17FN2OS2/c1-14(2,3)12-7-19-13(17-12)8-20(18)9-4-5-11(16)10(15)6-9/h4-7H,8,16H2,1-3H3. The fourth-order valence-electron chi connectivity index (χ4n) is 1.57. The SMILES string of the molecule is CC(C)(C)c1csc(CS(=O)c2ccc(N)c(F)c2)n1. The van der Waals surface area contributed by atoms with Crippen molar-refractivity contribution in [1.82, 2.24) is 4.98 Å². The Kier molecular flexibility index (Phi) is 4.25. The molecule has 2 rings (SSSR count). The predicted octanol–water partition coefficient (Wildman–Crippen LogP) is 3.47. The summed E-state index contributed by atoms with van der Waals surface area (Å²) in [6, 6.07) is 4.25. The van der Waals surface area contributed by atoms with Gasteiger partial charge in [0.2, 0.25) is 0 Å². The van der Waals surface area contributed by atoms with Crippen LogP contribution in [0.25, 0.3) is 0 Å².